The lowest BCUT2D eigenvalue weighted by atomic mass is 9.89. The van der Waals surface area contributed by atoms with Crippen molar-refractivity contribution in [3.05, 3.63) is 35.6 Å². The van der Waals surface area contributed by atoms with Crippen LogP contribution < -0.4 is 0 Å². The fourth-order valence-electron chi connectivity index (χ4n) is 2.89. The number of hydrogen-bond donors (Lipinski definition) is 1. The molecule has 1 saturated carbocycles. The summed E-state index contributed by atoms with van der Waals surface area (Å²) < 4.78 is 5.97. The van der Waals surface area contributed by atoms with Crippen LogP contribution in [0.2, 0.25) is 0 Å². The molecule has 18 heavy (non-hydrogen) atoms. The van der Waals surface area contributed by atoms with Crippen LogP contribution in [-0.2, 0) is 5.60 Å². The molecule has 0 bridgehead atoms. The average molecular weight is 244 g/mol. The zero-order valence-electron chi connectivity index (χ0n) is 11.1. The van der Waals surface area contributed by atoms with Crippen LogP contribution in [0, 0.1) is 12.8 Å². The summed E-state index contributed by atoms with van der Waals surface area (Å²) >= 11 is 0. The molecule has 1 fully saturated rings. The second-order valence-corrected chi connectivity index (χ2v) is 5.55. The normalized spacial score (nSPS) is 19.1. The molecule has 0 aliphatic heterocycles. The predicted octanol–water partition coefficient (Wildman–Crippen LogP) is 4.14. The van der Waals surface area contributed by atoms with Crippen molar-refractivity contribution in [1.29, 1.82) is 0 Å². The summed E-state index contributed by atoms with van der Waals surface area (Å²) in [6.45, 7) is 4.16. The Morgan fingerprint density at radius 1 is 1.39 bits per heavy atom. The van der Waals surface area contributed by atoms with Gasteiger partial charge in [0.15, 0.2) is 0 Å². The number of hydrogen-bond acceptors (Lipinski definition) is 2. The van der Waals surface area contributed by atoms with Crippen molar-refractivity contribution in [1.82, 2.24) is 0 Å². The molecule has 2 aromatic rings. The van der Waals surface area contributed by atoms with Crippen molar-refractivity contribution in [3.63, 3.8) is 0 Å². The molecule has 1 aromatic carbocycles. The fraction of sp³-hybridized carbons (Fsp3) is 0.500. The lowest BCUT2D eigenvalue weighted by Gasteiger charge is -2.25. The Hall–Kier alpha value is -1.28. The van der Waals surface area contributed by atoms with Gasteiger partial charge in [-0.15, -0.1) is 0 Å². The minimum absolute atomic E-state index is 0.387. The smallest absolute Gasteiger partial charge is 0.137 e. The van der Waals surface area contributed by atoms with E-state index in [4.69, 9.17) is 4.42 Å². The molecule has 1 N–H and O–H groups in total. The molecule has 3 rings (SSSR count). The van der Waals surface area contributed by atoms with Crippen LogP contribution in [0.3, 0.4) is 0 Å². The number of fused-ring (bicyclic) bond motifs is 1. The van der Waals surface area contributed by atoms with Crippen LogP contribution in [0.5, 0.6) is 0 Å². The predicted molar refractivity (Wildman–Crippen MR) is 72.5 cm³/mol. The van der Waals surface area contributed by atoms with Gasteiger partial charge < -0.3 is 9.52 Å². The van der Waals surface area contributed by atoms with Crippen LogP contribution >= 0.6 is 0 Å². The van der Waals surface area contributed by atoms with Crippen molar-refractivity contribution < 1.29 is 9.52 Å². The van der Waals surface area contributed by atoms with Crippen LogP contribution in [0.4, 0.5) is 0 Å². The highest BCUT2D eigenvalue weighted by molar-refractivity contribution is 5.81. The second-order valence-electron chi connectivity index (χ2n) is 5.55. The summed E-state index contributed by atoms with van der Waals surface area (Å²) in [7, 11) is 0. The number of rotatable bonds is 4. The van der Waals surface area contributed by atoms with E-state index < -0.39 is 5.60 Å². The van der Waals surface area contributed by atoms with Gasteiger partial charge in [0.05, 0.1) is 0 Å². The van der Waals surface area contributed by atoms with Crippen molar-refractivity contribution >= 4 is 11.0 Å². The van der Waals surface area contributed by atoms with E-state index >= 15 is 0 Å². The monoisotopic (exact) mass is 244 g/mol. The van der Waals surface area contributed by atoms with Gasteiger partial charge >= 0.3 is 0 Å². The summed E-state index contributed by atoms with van der Waals surface area (Å²) in [4.78, 5) is 0. The minimum atomic E-state index is -0.750. The molecular formula is C16H20O2. The summed E-state index contributed by atoms with van der Waals surface area (Å²) in [6, 6.07) is 8.16. The molecule has 96 valence electrons. The van der Waals surface area contributed by atoms with Gasteiger partial charge in [-0.1, -0.05) is 31.5 Å². The number of furan rings is 1. The number of para-hydroxylation sites is 1. The van der Waals surface area contributed by atoms with Gasteiger partial charge in [-0.3, -0.25) is 0 Å². The lowest BCUT2D eigenvalue weighted by molar-refractivity contribution is -0.0154. The molecule has 1 aliphatic rings. The lowest BCUT2D eigenvalue weighted by Crippen LogP contribution is -2.27. The first-order valence-electron chi connectivity index (χ1n) is 6.87. The third-order valence-electron chi connectivity index (χ3n) is 4.05. The second kappa shape index (κ2) is 4.13. The first-order chi connectivity index (χ1) is 8.65. The molecule has 1 aromatic heterocycles. The molecule has 2 nitrogen and oxygen atoms in total. The van der Waals surface area contributed by atoms with Crippen LogP contribution in [0.25, 0.3) is 11.0 Å². The first kappa shape index (κ1) is 11.8. The quantitative estimate of drug-likeness (QED) is 0.877. The molecule has 1 heterocycles. The topological polar surface area (TPSA) is 33.4 Å². The third kappa shape index (κ3) is 1.76. The number of benzene rings is 1. The maximum absolute atomic E-state index is 10.9. The van der Waals surface area contributed by atoms with Gasteiger partial charge in [0.2, 0.25) is 0 Å². The summed E-state index contributed by atoms with van der Waals surface area (Å²) in [6.07, 6.45) is 4.00. The maximum atomic E-state index is 10.9. The maximum Gasteiger partial charge on any atom is 0.137 e. The Morgan fingerprint density at radius 2 is 2.17 bits per heavy atom. The molecule has 0 saturated heterocycles. The van der Waals surface area contributed by atoms with Gasteiger partial charge in [0.1, 0.15) is 16.9 Å². The molecule has 0 radical (unpaired) electrons. The molecular weight excluding hydrogens is 224 g/mol. The third-order valence-corrected chi connectivity index (χ3v) is 4.05. The van der Waals surface area contributed by atoms with E-state index in [9.17, 15) is 5.11 Å². The Morgan fingerprint density at radius 3 is 2.78 bits per heavy atom. The van der Waals surface area contributed by atoms with E-state index in [1.54, 1.807) is 0 Å². The highest BCUT2D eigenvalue weighted by Gasteiger charge is 2.46. The number of aryl methyl sites for hydroxylation is 1. The van der Waals surface area contributed by atoms with Gasteiger partial charge in [-0.05, 0) is 43.7 Å². The van der Waals surface area contributed by atoms with E-state index in [1.807, 2.05) is 25.1 Å². The highest BCUT2D eigenvalue weighted by Crippen LogP contribution is 2.49. The van der Waals surface area contributed by atoms with Gasteiger partial charge in [-0.2, -0.15) is 0 Å². The van der Waals surface area contributed by atoms with Crippen LogP contribution in [0.1, 0.15) is 43.9 Å². The van der Waals surface area contributed by atoms with Crippen molar-refractivity contribution in [3.8, 4) is 0 Å². The van der Waals surface area contributed by atoms with E-state index in [0.29, 0.717) is 5.92 Å². The van der Waals surface area contributed by atoms with Gasteiger partial charge in [0, 0.05) is 5.39 Å². The SMILES string of the molecule is CCCC(O)(c1cc2cccc(C)c2o1)C1CC1. The van der Waals surface area contributed by atoms with Crippen LogP contribution in [-0.4, -0.2) is 5.11 Å². The van der Waals surface area contributed by atoms with Gasteiger partial charge in [0.25, 0.3) is 0 Å². The Labute approximate surface area is 108 Å². The molecule has 1 unspecified atom stereocenters. The summed E-state index contributed by atoms with van der Waals surface area (Å²) in [5.41, 5.74) is 1.30. The first-order valence-corrected chi connectivity index (χ1v) is 6.87. The van der Waals surface area contributed by atoms with Crippen LogP contribution in [0.15, 0.2) is 28.7 Å². The standard InChI is InChI=1S/C16H20O2/c1-3-9-16(17,13-7-8-13)14-10-12-6-4-5-11(2)15(12)18-14/h4-6,10,13,17H,3,7-9H2,1-2H3. The van der Waals surface area contributed by atoms with Gasteiger partial charge in [-0.25, -0.2) is 0 Å². The Balaban J connectivity index is 2.09. The van der Waals surface area contributed by atoms with Crippen molar-refractivity contribution in [2.75, 3.05) is 0 Å². The zero-order valence-corrected chi connectivity index (χ0v) is 11.1. The highest BCUT2D eigenvalue weighted by atomic mass is 16.4. The van der Waals surface area contributed by atoms with E-state index in [0.717, 1.165) is 48.0 Å². The van der Waals surface area contributed by atoms with Crippen molar-refractivity contribution in [2.45, 2.75) is 45.1 Å². The molecule has 1 aliphatic carbocycles. The van der Waals surface area contributed by atoms with E-state index in [1.165, 1.54) is 0 Å². The zero-order chi connectivity index (χ0) is 12.8. The Bertz CT molecular complexity index is 565. The minimum Gasteiger partial charge on any atom is -0.458 e. The molecule has 1 atom stereocenters. The summed E-state index contributed by atoms with van der Waals surface area (Å²) in [5, 5.41) is 12.0. The number of aliphatic hydroxyl groups is 1. The summed E-state index contributed by atoms with van der Waals surface area (Å²) in [5.74, 6) is 1.15. The molecule has 2 heteroatoms. The largest absolute Gasteiger partial charge is 0.458 e. The average Bonchev–Trinajstić information content (AvgIpc) is 3.10. The van der Waals surface area contributed by atoms with E-state index in [-0.39, 0.29) is 0 Å². The Kier molecular flexibility index (Phi) is 2.70. The van der Waals surface area contributed by atoms with Crippen molar-refractivity contribution in [2.24, 2.45) is 5.92 Å². The molecule has 0 spiro atoms. The molecule has 0 amide bonds. The fourth-order valence-corrected chi connectivity index (χ4v) is 2.89. The van der Waals surface area contributed by atoms with E-state index in [2.05, 4.69) is 13.0 Å².